The van der Waals surface area contributed by atoms with Crippen LogP contribution in [0.25, 0.3) is 0 Å². The minimum atomic E-state index is -0.971. The summed E-state index contributed by atoms with van der Waals surface area (Å²) in [6.45, 7) is 15.9. The highest BCUT2D eigenvalue weighted by Gasteiger charge is 2.64. The summed E-state index contributed by atoms with van der Waals surface area (Å²) in [6, 6.07) is 20.5. The molecule has 5 heterocycles. The predicted octanol–water partition coefficient (Wildman–Crippen LogP) is 4.70. The summed E-state index contributed by atoms with van der Waals surface area (Å²) >= 11 is 6.26. The number of piperazine rings is 1. The summed E-state index contributed by atoms with van der Waals surface area (Å²) < 4.78 is 6.39. The maximum Gasteiger partial charge on any atom is 0.262 e. The van der Waals surface area contributed by atoms with Crippen molar-refractivity contribution in [1.82, 2.24) is 25.3 Å². The van der Waals surface area contributed by atoms with Crippen LogP contribution in [0.4, 0.5) is 11.4 Å². The number of fused-ring (bicyclic) bond motifs is 1. The fourth-order valence-electron chi connectivity index (χ4n) is 11.1. The Bertz CT molecular complexity index is 2340. The first-order chi connectivity index (χ1) is 29.6. The Labute approximate surface area is 367 Å². The van der Waals surface area contributed by atoms with E-state index in [9.17, 15) is 29.2 Å². The van der Waals surface area contributed by atoms with Crippen molar-refractivity contribution in [2.45, 2.75) is 83.6 Å². The van der Waals surface area contributed by atoms with E-state index in [1.54, 1.807) is 30.3 Å². The van der Waals surface area contributed by atoms with E-state index in [0.717, 1.165) is 81.5 Å². The molecule has 6 aliphatic rings. The summed E-state index contributed by atoms with van der Waals surface area (Å²) in [7, 11) is 0. The molecule has 0 bridgehead atoms. The highest BCUT2D eigenvalue weighted by molar-refractivity contribution is 6.31. The zero-order chi connectivity index (χ0) is 43.7. The van der Waals surface area contributed by atoms with Crippen molar-refractivity contribution in [2.75, 3.05) is 62.2 Å². The van der Waals surface area contributed by atoms with Gasteiger partial charge in [0.15, 0.2) is 0 Å². The van der Waals surface area contributed by atoms with Gasteiger partial charge in [-0.2, -0.15) is 5.26 Å². The van der Waals surface area contributed by atoms with Crippen LogP contribution in [0.2, 0.25) is 5.02 Å². The normalized spacial score (nSPS) is 25.4. The van der Waals surface area contributed by atoms with E-state index in [2.05, 4.69) is 76.1 Å². The number of nitrogens with zero attached hydrogens (tertiary/aromatic N) is 6. The smallest absolute Gasteiger partial charge is 0.262 e. The predicted molar refractivity (Wildman–Crippen MR) is 233 cm³/mol. The van der Waals surface area contributed by atoms with E-state index < -0.39 is 23.8 Å². The number of rotatable bonds is 9. The average Bonchev–Trinajstić information content (AvgIpc) is 3.49. The molecule has 324 valence electrons. The van der Waals surface area contributed by atoms with Crippen LogP contribution in [0.3, 0.4) is 0 Å². The maximum atomic E-state index is 13.5. The summed E-state index contributed by atoms with van der Waals surface area (Å²) in [5.74, 6) is -1.46. The number of hydrogen-bond donors (Lipinski definition) is 2. The molecule has 15 heteroatoms. The van der Waals surface area contributed by atoms with Crippen LogP contribution in [0, 0.1) is 22.2 Å². The Kier molecular flexibility index (Phi) is 10.8. The number of nitriles is 1. The fourth-order valence-corrected chi connectivity index (χ4v) is 11.4. The third kappa shape index (κ3) is 7.37. The van der Waals surface area contributed by atoms with Crippen molar-refractivity contribution in [2.24, 2.45) is 10.8 Å². The van der Waals surface area contributed by atoms with Crippen LogP contribution >= 0.6 is 11.6 Å². The van der Waals surface area contributed by atoms with Gasteiger partial charge in [-0.15, -0.1) is 0 Å². The molecule has 1 unspecified atom stereocenters. The van der Waals surface area contributed by atoms with Crippen molar-refractivity contribution in [3.05, 3.63) is 87.9 Å². The number of halogens is 1. The highest BCUT2D eigenvalue weighted by atomic mass is 35.5. The Morgan fingerprint density at radius 2 is 1.42 bits per heavy atom. The second-order valence-electron chi connectivity index (χ2n) is 18.9. The topological polar surface area (TPSA) is 159 Å². The van der Waals surface area contributed by atoms with E-state index in [1.807, 2.05) is 18.2 Å². The van der Waals surface area contributed by atoms with Crippen LogP contribution in [-0.2, 0) is 9.59 Å². The van der Waals surface area contributed by atoms with Gasteiger partial charge in [0.1, 0.15) is 24.0 Å². The average molecular weight is 861 g/mol. The molecule has 5 fully saturated rings. The third-order valence-corrected chi connectivity index (χ3v) is 14.7. The number of carbonyl (C=O) groups is 5. The number of imide groups is 2. The Morgan fingerprint density at radius 3 is 2.06 bits per heavy atom. The van der Waals surface area contributed by atoms with E-state index in [-0.39, 0.29) is 47.6 Å². The molecule has 3 aromatic rings. The van der Waals surface area contributed by atoms with Crippen LogP contribution in [0.1, 0.15) is 90.0 Å². The zero-order valence-corrected chi connectivity index (χ0v) is 36.4. The number of benzene rings is 3. The minimum Gasteiger partial charge on any atom is -0.489 e. The van der Waals surface area contributed by atoms with Gasteiger partial charge in [-0.05, 0) is 73.9 Å². The second-order valence-corrected chi connectivity index (χ2v) is 19.3. The van der Waals surface area contributed by atoms with E-state index >= 15 is 0 Å². The van der Waals surface area contributed by atoms with Crippen LogP contribution in [-0.4, -0.2) is 127 Å². The lowest BCUT2D eigenvalue weighted by molar-refractivity contribution is -0.164. The Hall–Kier alpha value is -5.49. The van der Waals surface area contributed by atoms with Gasteiger partial charge < -0.3 is 19.9 Å². The van der Waals surface area contributed by atoms with Gasteiger partial charge in [0, 0.05) is 111 Å². The molecule has 0 spiro atoms. The highest BCUT2D eigenvalue weighted by Crippen LogP contribution is 2.55. The molecule has 14 nitrogen and oxygen atoms in total. The van der Waals surface area contributed by atoms with Crippen molar-refractivity contribution >= 4 is 52.5 Å². The summed E-state index contributed by atoms with van der Waals surface area (Å²) in [4.78, 5) is 75.0. The van der Waals surface area contributed by atoms with Crippen molar-refractivity contribution in [3.63, 3.8) is 0 Å². The number of carbonyl (C=O) groups excluding carboxylic acids is 5. The van der Waals surface area contributed by atoms with E-state index in [4.69, 9.17) is 16.3 Å². The number of hydrogen-bond acceptors (Lipinski definition) is 11. The Balaban J connectivity index is 0.713. The van der Waals surface area contributed by atoms with Crippen LogP contribution < -0.4 is 25.2 Å². The summed E-state index contributed by atoms with van der Waals surface area (Å²) in [6.07, 6.45) is 2.24. The maximum absolute atomic E-state index is 13.5. The molecular formula is C47H53ClN8O6. The molecule has 5 aliphatic heterocycles. The van der Waals surface area contributed by atoms with Gasteiger partial charge >= 0.3 is 0 Å². The molecule has 4 saturated heterocycles. The van der Waals surface area contributed by atoms with Gasteiger partial charge in [0.05, 0.1) is 21.7 Å². The molecule has 62 heavy (non-hydrogen) atoms. The van der Waals surface area contributed by atoms with Gasteiger partial charge in [-0.1, -0.05) is 39.3 Å². The van der Waals surface area contributed by atoms with Gasteiger partial charge in [0.2, 0.25) is 11.8 Å². The van der Waals surface area contributed by atoms with Gasteiger partial charge in [-0.3, -0.25) is 44.0 Å². The molecular weight excluding hydrogens is 808 g/mol. The number of likely N-dealkylation sites (tertiary alicyclic amines) is 1. The number of anilines is 2. The van der Waals surface area contributed by atoms with Crippen molar-refractivity contribution < 1.29 is 28.7 Å². The molecule has 9 rings (SSSR count). The van der Waals surface area contributed by atoms with Gasteiger partial charge in [0.25, 0.3) is 17.7 Å². The number of ether oxygens (including phenoxy) is 1. The molecule has 1 atom stereocenters. The van der Waals surface area contributed by atoms with Gasteiger partial charge in [-0.25, -0.2) is 0 Å². The third-order valence-electron chi connectivity index (χ3n) is 14.4. The largest absolute Gasteiger partial charge is 0.489 e. The van der Waals surface area contributed by atoms with Crippen molar-refractivity contribution in [3.8, 4) is 11.8 Å². The van der Waals surface area contributed by atoms with E-state index in [1.165, 1.54) is 0 Å². The minimum absolute atomic E-state index is 0.0939. The quantitative estimate of drug-likeness (QED) is 0.288. The second kappa shape index (κ2) is 16.0. The molecule has 3 aromatic carbocycles. The number of nitrogens with one attached hydrogen (secondary N) is 2. The first-order valence-corrected chi connectivity index (χ1v) is 22.1. The van der Waals surface area contributed by atoms with Crippen LogP contribution in [0.5, 0.6) is 5.75 Å². The molecule has 1 saturated carbocycles. The molecule has 2 N–H and O–H groups in total. The molecule has 0 aromatic heterocycles. The molecule has 0 radical (unpaired) electrons. The molecule has 1 aliphatic carbocycles. The summed E-state index contributed by atoms with van der Waals surface area (Å²) in [5.41, 5.74) is 2.97. The lowest BCUT2D eigenvalue weighted by Crippen LogP contribution is -2.74. The van der Waals surface area contributed by atoms with Crippen LogP contribution in [0.15, 0.2) is 60.7 Å². The number of piperidine rings is 2. The zero-order valence-electron chi connectivity index (χ0n) is 35.7. The Morgan fingerprint density at radius 1 is 0.774 bits per heavy atom. The standard InChI is InChI=1S/C47H53ClN8O6/c1-46(2)44(47(3,4)45(46)62-34-11-7-29(25-49)37(48)24-34)51-40(58)28-5-8-30(9-6-28)52-17-15-31(16-18-52)55-26-33(27-55)54-21-19-53(20-22-54)32-10-12-35-36(23-32)43(61)56(42(35)60)38-13-14-39(57)50-41(38)59/h5-12,23-24,31,33,38,44-45H,13-22,26-27H2,1-4H3,(H,51,58)(H,50,57,59)/t38?,44-,45-. The van der Waals surface area contributed by atoms with Crippen molar-refractivity contribution in [1.29, 1.82) is 5.26 Å². The SMILES string of the molecule is CC1(C)[C@H](NC(=O)c2ccc(N3CCC(N4CC(N5CCN(c6ccc7c(c6)C(=O)N(C6CCC(=O)NC6=O)C7=O)CC5)C4)CC3)cc2)C(C)(C)[C@H]1Oc1ccc(C#N)c(Cl)c1. The fraction of sp³-hybridized carbons (Fsp3) is 0.489. The monoisotopic (exact) mass is 860 g/mol. The first kappa shape index (κ1) is 41.8. The number of amides is 5. The summed E-state index contributed by atoms with van der Waals surface area (Å²) in [5, 5.41) is 15.1. The lowest BCUT2D eigenvalue weighted by atomic mass is 9.49. The lowest BCUT2D eigenvalue weighted by Gasteiger charge is -2.63. The molecule has 5 amide bonds. The first-order valence-electron chi connectivity index (χ1n) is 21.7. The van der Waals surface area contributed by atoms with E-state index in [0.29, 0.717) is 45.1 Å².